The van der Waals surface area contributed by atoms with Crippen LogP contribution in [0.25, 0.3) is 0 Å². The summed E-state index contributed by atoms with van der Waals surface area (Å²) in [6, 6.07) is 5.60. The lowest BCUT2D eigenvalue weighted by molar-refractivity contribution is -0.116. The van der Waals surface area contributed by atoms with Crippen molar-refractivity contribution in [2.24, 2.45) is 5.92 Å². The molecule has 2 N–H and O–H groups in total. The van der Waals surface area contributed by atoms with E-state index in [0.717, 1.165) is 36.4 Å². The van der Waals surface area contributed by atoms with Crippen molar-refractivity contribution in [3.8, 4) is 0 Å². The SMILES string of the molecule is O=C(CCC1CCNC1)Nc1ncc(Cc2cccc(Cl)c2Cl)s1. The molecular formula is C17H19Cl2N3OS. The van der Waals surface area contributed by atoms with E-state index in [-0.39, 0.29) is 5.91 Å². The van der Waals surface area contributed by atoms with E-state index in [0.29, 0.717) is 33.9 Å². The quantitative estimate of drug-likeness (QED) is 0.778. The van der Waals surface area contributed by atoms with Gasteiger partial charge in [-0.25, -0.2) is 4.98 Å². The lowest BCUT2D eigenvalue weighted by Gasteiger charge is -2.07. The van der Waals surface area contributed by atoms with Crippen LogP contribution in [0.2, 0.25) is 10.0 Å². The molecule has 24 heavy (non-hydrogen) atoms. The fourth-order valence-electron chi connectivity index (χ4n) is 2.80. The van der Waals surface area contributed by atoms with Crippen LogP contribution in [-0.2, 0) is 11.2 Å². The van der Waals surface area contributed by atoms with E-state index >= 15 is 0 Å². The van der Waals surface area contributed by atoms with Gasteiger partial charge in [-0.15, -0.1) is 11.3 Å². The Bertz CT molecular complexity index is 714. The Kier molecular flexibility index (Phi) is 6.11. The van der Waals surface area contributed by atoms with Gasteiger partial charge < -0.3 is 10.6 Å². The third kappa shape index (κ3) is 4.70. The summed E-state index contributed by atoms with van der Waals surface area (Å²) in [5, 5.41) is 7.96. The molecule has 1 aliphatic heterocycles. The average molecular weight is 384 g/mol. The number of hydrogen-bond acceptors (Lipinski definition) is 4. The number of halogens is 2. The first-order chi connectivity index (χ1) is 11.6. The minimum absolute atomic E-state index is 0.0311. The van der Waals surface area contributed by atoms with Crippen LogP contribution >= 0.6 is 34.5 Å². The van der Waals surface area contributed by atoms with Crippen LogP contribution in [0.3, 0.4) is 0 Å². The highest BCUT2D eigenvalue weighted by Gasteiger charge is 2.16. The van der Waals surface area contributed by atoms with Gasteiger partial charge in [0.1, 0.15) is 0 Å². The average Bonchev–Trinajstić information content (AvgIpc) is 3.22. The summed E-state index contributed by atoms with van der Waals surface area (Å²) in [5.74, 6) is 0.649. The van der Waals surface area contributed by atoms with E-state index in [1.54, 1.807) is 12.3 Å². The Hall–Kier alpha value is -1.14. The lowest BCUT2D eigenvalue weighted by Crippen LogP contribution is -2.14. The van der Waals surface area contributed by atoms with E-state index in [1.165, 1.54) is 11.3 Å². The first kappa shape index (κ1) is 17.7. The van der Waals surface area contributed by atoms with E-state index in [4.69, 9.17) is 23.2 Å². The van der Waals surface area contributed by atoms with Crippen molar-refractivity contribution in [3.63, 3.8) is 0 Å². The van der Waals surface area contributed by atoms with Crippen molar-refractivity contribution in [1.82, 2.24) is 10.3 Å². The zero-order valence-corrected chi connectivity index (χ0v) is 15.5. The molecular weight excluding hydrogens is 365 g/mol. The van der Waals surface area contributed by atoms with Gasteiger partial charge in [-0.3, -0.25) is 4.79 Å². The smallest absolute Gasteiger partial charge is 0.226 e. The van der Waals surface area contributed by atoms with Crippen LogP contribution in [-0.4, -0.2) is 24.0 Å². The predicted molar refractivity (Wildman–Crippen MR) is 100 cm³/mol. The van der Waals surface area contributed by atoms with Gasteiger partial charge >= 0.3 is 0 Å². The number of rotatable bonds is 6. The highest BCUT2D eigenvalue weighted by atomic mass is 35.5. The fraction of sp³-hybridized carbons (Fsp3) is 0.412. The number of benzene rings is 1. The molecule has 1 saturated heterocycles. The van der Waals surface area contributed by atoms with Gasteiger partial charge in [-0.1, -0.05) is 35.3 Å². The largest absolute Gasteiger partial charge is 0.316 e. The summed E-state index contributed by atoms with van der Waals surface area (Å²) >= 11 is 13.7. The molecule has 1 fully saturated rings. The Morgan fingerprint density at radius 3 is 3.08 bits per heavy atom. The normalized spacial score (nSPS) is 17.2. The van der Waals surface area contributed by atoms with Gasteiger partial charge in [0.25, 0.3) is 0 Å². The van der Waals surface area contributed by atoms with Crippen molar-refractivity contribution >= 4 is 45.6 Å². The maximum Gasteiger partial charge on any atom is 0.226 e. The minimum Gasteiger partial charge on any atom is -0.316 e. The molecule has 1 aromatic carbocycles. The number of aromatic nitrogens is 1. The van der Waals surface area contributed by atoms with Crippen molar-refractivity contribution in [3.05, 3.63) is 44.9 Å². The number of nitrogens with zero attached hydrogens (tertiary/aromatic N) is 1. The summed E-state index contributed by atoms with van der Waals surface area (Å²) in [6.45, 7) is 2.09. The van der Waals surface area contributed by atoms with Crippen LogP contribution in [0.5, 0.6) is 0 Å². The number of anilines is 1. The Morgan fingerprint density at radius 2 is 2.29 bits per heavy atom. The van der Waals surface area contributed by atoms with Crippen LogP contribution in [0, 0.1) is 5.92 Å². The highest BCUT2D eigenvalue weighted by molar-refractivity contribution is 7.15. The second-order valence-electron chi connectivity index (χ2n) is 5.97. The summed E-state index contributed by atoms with van der Waals surface area (Å²) in [5.41, 5.74) is 0.958. The molecule has 2 heterocycles. The van der Waals surface area contributed by atoms with Gasteiger partial charge in [0.05, 0.1) is 10.0 Å². The number of thiazole rings is 1. The monoisotopic (exact) mass is 383 g/mol. The summed E-state index contributed by atoms with van der Waals surface area (Å²) in [7, 11) is 0. The number of amides is 1. The maximum absolute atomic E-state index is 12.0. The van der Waals surface area contributed by atoms with E-state index in [2.05, 4.69) is 15.6 Å². The molecule has 3 rings (SSSR count). The second-order valence-corrected chi connectivity index (χ2v) is 7.87. The summed E-state index contributed by atoms with van der Waals surface area (Å²) in [6.07, 6.45) is 5.06. The number of nitrogens with one attached hydrogen (secondary N) is 2. The lowest BCUT2D eigenvalue weighted by atomic mass is 10.0. The van der Waals surface area contributed by atoms with Crippen LogP contribution in [0.1, 0.15) is 29.7 Å². The number of carbonyl (C=O) groups is 1. The Labute approximate surface area is 155 Å². The van der Waals surface area contributed by atoms with Gasteiger partial charge in [0.2, 0.25) is 5.91 Å². The summed E-state index contributed by atoms with van der Waals surface area (Å²) in [4.78, 5) is 17.4. The van der Waals surface area contributed by atoms with E-state index in [1.807, 2.05) is 12.1 Å². The molecule has 1 aromatic heterocycles. The molecule has 2 aromatic rings. The molecule has 0 saturated carbocycles. The first-order valence-electron chi connectivity index (χ1n) is 8.00. The van der Waals surface area contributed by atoms with Crippen LogP contribution in [0.15, 0.2) is 24.4 Å². The predicted octanol–water partition coefficient (Wildman–Crippen LogP) is 4.37. The van der Waals surface area contributed by atoms with Crippen molar-refractivity contribution in [2.75, 3.05) is 18.4 Å². The van der Waals surface area contributed by atoms with Gasteiger partial charge in [-0.05, 0) is 43.5 Å². The standard InChI is InChI=1S/C17H19Cl2N3OS/c18-14-3-1-2-12(16(14)19)8-13-10-21-17(24-13)22-15(23)5-4-11-6-7-20-9-11/h1-3,10-11,20H,4-9H2,(H,21,22,23). The van der Waals surface area contributed by atoms with Gasteiger partial charge in [0, 0.05) is 23.9 Å². The summed E-state index contributed by atoms with van der Waals surface area (Å²) < 4.78 is 0. The molecule has 128 valence electrons. The van der Waals surface area contributed by atoms with Crippen molar-refractivity contribution in [2.45, 2.75) is 25.7 Å². The number of carbonyl (C=O) groups excluding carboxylic acids is 1. The fourth-order valence-corrected chi connectivity index (χ4v) is 4.04. The Morgan fingerprint density at radius 1 is 1.42 bits per heavy atom. The zero-order chi connectivity index (χ0) is 16.9. The molecule has 0 bridgehead atoms. The molecule has 0 spiro atoms. The molecule has 1 unspecified atom stereocenters. The topological polar surface area (TPSA) is 54.0 Å². The molecule has 0 aliphatic carbocycles. The zero-order valence-electron chi connectivity index (χ0n) is 13.1. The third-order valence-electron chi connectivity index (χ3n) is 4.14. The van der Waals surface area contributed by atoms with Crippen molar-refractivity contribution < 1.29 is 4.79 Å². The molecule has 0 radical (unpaired) electrons. The van der Waals surface area contributed by atoms with Crippen molar-refractivity contribution in [1.29, 1.82) is 0 Å². The van der Waals surface area contributed by atoms with Gasteiger partial charge in [0.15, 0.2) is 5.13 Å². The van der Waals surface area contributed by atoms with E-state index < -0.39 is 0 Å². The minimum atomic E-state index is 0.0311. The van der Waals surface area contributed by atoms with E-state index in [9.17, 15) is 4.79 Å². The van der Waals surface area contributed by atoms with Crippen LogP contribution in [0.4, 0.5) is 5.13 Å². The van der Waals surface area contributed by atoms with Crippen LogP contribution < -0.4 is 10.6 Å². The number of hydrogen-bond donors (Lipinski definition) is 2. The second kappa shape index (κ2) is 8.30. The molecule has 1 atom stereocenters. The molecule has 4 nitrogen and oxygen atoms in total. The molecule has 1 aliphatic rings. The molecule has 1 amide bonds. The maximum atomic E-state index is 12.0. The third-order valence-corrected chi connectivity index (χ3v) is 5.91. The Balaban J connectivity index is 1.53. The molecule has 7 heteroatoms. The first-order valence-corrected chi connectivity index (χ1v) is 9.57. The van der Waals surface area contributed by atoms with Gasteiger partial charge in [-0.2, -0.15) is 0 Å². The highest BCUT2D eigenvalue weighted by Crippen LogP contribution is 2.29.